The van der Waals surface area contributed by atoms with Crippen molar-refractivity contribution < 1.29 is 0 Å². The van der Waals surface area contributed by atoms with E-state index in [0.29, 0.717) is 6.04 Å². The maximum atomic E-state index is 5.55. The number of hydrogen-bond acceptors (Lipinski definition) is 4. The molecule has 0 amide bonds. The van der Waals surface area contributed by atoms with Crippen molar-refractivity contribution >= 4 is 21.5 Å². The minimum absolute atomic E-state index is 0.473. The monoisotopic (exact) mass is 171 g/mol. The summed E-state index contributed by atoms with van der Waals surface area (Å²) in [5.74, 6) is 0. The lowest BCUT2D eigenvalue weighted by molar-refractivity contribution is 0.751. The van der Waals surface area contributed by atoms with Gasteiger partial charge in [-0.2, -0.15) is 0 Å². The second-order valence-corrected chi connectivity index (χ2v) is 3.79. The maximum absolute atomic E-state index is 5.55. The van der Waals surface area contributed by atoms with Gasteiger partial charge in [0.15, 0.2) is 5.13 Å². The molecule has 0 atom stereocenters. The molecule has 0 spiro atoms. The third-order valence-corrected chi connectivity index (χ3v) is 2.50. The van der Waals surface area contributed by atoms with Gasteiger partial charge in [0.25, 0.3) is 0 Å². The molecule has 0 aliphatic rings. The van der Waals surface area contributed by atoms with E-state index in [0.717, 1.165) is 10.1 Å². The molecule has 1 aromatic rings. The Kier molecular flexibility index (Phi) is 2.34. The second kappa shape index (κ2) is 3.09. The fraction of sp³-hybridized carbons (Fsp3) is 0.571. The Bertz CT molecular complexity index is 231. The van der Waals surface area contributed by atoms with Crippen LogP contribution >= 0.6 is 11.3 Å². The largest absolute Gasteiger partial charge is 0.389 e. The molecule has 62 valence electrons. The van der Waals surface area contributed by atoms with E-state index in [1.54, 1.807) is 6.20 Å². The fourth-order valence-corrected chi connectivity index (χ4v) is 1.44. The van der Waals surface area contributed by atoms with E-state index in [2.05, 4.69) is 23.7 Å². The van der Waals surface area contributed by atoms with Gasteiger partial charge < -0.3 is 10.6 Å². The number of rotatable bonds is 2. The molecule has 0 bridgehead atoms. The summed E-state index contributed by atoms with van der Waals surface area (Å²) in [6.45, 7) is 4.25. The molecular weight excluding hydrogens is 158 g/mol. The Morgan fingerprint density at radius 2 is 2.27 bits per heavy atom. The molecule has 0 aromatic carbocycles. The average molecular weight is 171 g/mol. The predicted octanol–water partition coefficient (Wildman–Crippen LogP) is 1.57. The number of aromatic nitrogens is 1. The molecule has 0 saturated carbocycles. The Hall–Kier alpha value is -0.770. The fourth-order valence-electron chi connectivity index (χ4n) is 0.661. The molecule has 0 saturated heterocycles. The number of thiazole rings is 1. The highest BCUT2D eigenvalue weighted by atomic mass is 32.1. The van der Waals surface area contributed by atoms with E-state index < -0.39 is 0 Å². The van der Waals surface area contributed by atoms with Gasteiger partial charge in [0.2, 0.25) is 0 Å². The number of nitrogens with two attached hydrogens (primary N) is 1. The molecule has 2 N–H and O–H groups in total. The van der Waals surface area contributed by atoms with Crippen molar-refractivity contribution in [2.75, 3.05) is 17.7 Å². The summed E-state index contributed by atoms with van der Waals surface area (Å²) in [6, 6.07) is 0.473. The summed E-state index contributed by atoms with van der Waals surface area (Å²) in [7, 11) is 2.02. The van der Waals surface area contributed by atoms with Crippen LogP contribution in [0.5, 0.6) is 0 Å². The molecule has 0 unspecified atom stereocenters. The summed E-state index contributed by atoms with van der Waals surface area (Å²) in [4.78, 5) is 6.25. The van der Waals surface area contributed by atoms with Crippen LogP contribution in [0.4, 0.5) is 10.1 Å². The van der Waals surface area contributed by atoms with Gasteiger partial charge in [0.1, 0.15) is 5.00 Å². The molecule has 0 aliphatic carbocycles. The average Bonchev–Trinajstić information content (AvgIpc) is 2.34. The number of anilines is 2. The van der Waals surface area contributed by atoms with E-state index in [9.17, 15) is 0 Å². The first kappa shape index (κ1) is 8.33. The van der Waals surface area contributed by atoms with Crippen LogP contribution in [0, 0.1) is 0 Å². The zero-order valence-corrected chi connectivity index (χ0v) is 7.85. The van der Waals surface area contributed by atoms with Gasteiger partial charge >= 0.3 is 0 Å². The van der Waals surface area contributed by atoms with E-state index >= 15 is 0 Å². The van der Waals surface area contributed by atoms with Crippen LogP contribution < -0.4 is 10.6 Å². The molecule has 11 heavy (non-hydrogen) atoms. The molecule has 0 radical (unpaired) electrons. The molecule has 1 rings (SSSR count). The predicted molar refractivity (Wildman–Crippen MR) is 50.1 cm³/mol. The lowest BCUT2D eigenvalue weighted by atomic mass is 10.4. The summed E-state index contributed by atoms with van der Waals surface area (Å²) in [5, 5.41) is 1.75. The van der Waals surface area contributed by atoms with Crippen molar-refractivity contribution in [3.05, 3.63) is 6.20 Å². The van der Waals surface area contributed by atoms with Gasteiger partial charge in [-0.25, -0.2) is 4.98 Å². The zero-order valence-electron chi connectivity index (χ0n) is 7.03. The molecule has 1 aromatic heterocycles. The smallest absolute Gasteiger partial charge is 0.187 e. The van der Waals surface area contributed by atoms with E-state index in [-0.39, 0.29) is 0 Å². The second-order valence-electron chi connectivity index (χ2n) is 2.75. The zero-order chi connectivity index (χ0) is 8.43. The lowest BCUT2D eigenvalue weighted by Gasteiger charge is -2.19. The van der Waals surface area contributed by atoms with Crippen molar-refractivity contribution in [1.82, 2.24) is 4.98 Å². The summed E-state index contributed by atoms with van der Waals surface area (Å²) >= 11 is 1.52. The Morgan fingerprint density at radius 1 is 1.64 bits per heavy atom. The van der Waals surface area contributed by atoms with Crippen LogP contribution in [-0.4, -0.2) is 18.1 Å². The van der Waals surface area contributed by atoms with E-state index in [1.165, 1.54) is 11.3 Å². The van der Waals surface area contributed by atoms with Gasteiger partial charge in [-0.05, 0) is 13.8 Å². The standard InChI is InChI=1S/C7H13N3S/c1-5(2)10(3)7-9-4-6(8)11-7/h4-5H,8H2,1-3H3. The third kappa shape index (κ3) is 1.83. The summed E-state index contributed by atoms with van der Waals surface area (Å²) in [5.41, 5.74) is 5.55. The molecule has 3 nitrogen and oxygen atoms in total. The van der Waals surface area contributed by atoms with Gasteiger partial charge in [-0.15, -0.1) is 0 Å². The SMILES string of the molecule is CC(C)N(C)c1ncc(N)s1. The first-order valence-electron chi connectivity index (χ1n) is 3.55. The highest BCUT2D eigenvalue weighted by molar-refractivity contribution is 7.19. The van der Waals surface area contributed by atoms with Gasteiger partial charge in [0.05, 0.1) is 6.20 Å². The van der Waals surface area contributed by atoms with Crippen molar-refractivity contribution in [1.29, 1.82) is 0 Å². The quantitative estimate of drug-likeness (QED) is 0.734. The summed E-state index contributed by atoms with van der Waals surface area (Å²) in [6.07, 6.45) is 1.69. The van der Waals surface area contributed by atoms with Crippen LogP contribution in [0.25, 0.3) is 0 Å². The normalized spacial score (nSPS) is 10.5. The van der Waals surface area contributed by atoms with Gasteiger partial charge in [-0.1, -0.05) is 11.3 Å². The number of nitrogens with zero attached hydrogens (tertiary/aromatic N) is 2. The topological polar surface area (TPSA) is 42.2 Å². The summed E-state index contributed by atoms with van der Waals surface area (Å²) < 4.78 is 0. The molecule has 0 aliphatic heterocycles. The molecular formula is C7H13N3S. The third-order valence-electron chi connectivity index (χ3n) is 1.59. The molecule has 0 fully saturated rings. The van der Waals surface area contributed by atoms with Crippen molar-refractivity contribution in [2.24, 2.45) is 0 Å². The van der Waals surface area contributed by atoms with Gasteiger partial charge in [0, 0.05) is 13.1 Å². The number of nitrogen functional groups attached to an aromatic ring is 1. The van der Waals surface area contributed by atoms with Crippen LogP contribution in [0.2, 0.25) is 0 Å². The van der Waals surface area contributed by atoms with Crippen LogP contribution in [0.15, 0.2) is 6.20 Å². The lowest BCUT2D eigenvalue weighted by Crippen LogP contribution is -2.25. The Labute approximate surface area is 70.9 Å². The highest BCUT2D eigenvalue weighted by Crippen LogP contribution is 2.23. The molecule has 1 heterocycles. The van der Waals surface area contributed by atoms with Crippen molar-refractivity contribution in [2.45, 2.75) is 19.9 Å². The number of hydrogen-bond donors (Lipinski definition) is 1. The highest BCUT2D eigenvalue weighted by Gasteiger charge is 2.07. The van der Waals surface area contributed by atoms with E-state index in [1.807, 2.05) is 7.05 Å². The van der Waals surface area contributed by atoms with Gasteiger partial charge in [-0.3, -0.25) is 0 Å². The van der Waals surface area contributed by atoms with E-state index in [4.69, 9.17) is 5.73 Å². The minimum atomic E-state index is 0.473. The first-order valence-corrected chi connectivity index (χ1v) is 4.37. The molecule has 4 heteroatoms. The Balaban J connectivity index is 2.76. The Morgan fingerprint density at radius 3 is 2.64 bits per heavy atom. The van der Waals surface area contributed by atoms with Crippen LogP contribution in [-0.2, 0) is 0 Å². The van der Waals surface area contributed by atoms with Crippen LogP contribution in [0.1, 0.15) is 13.8 Å². The van der Waals surface area contributed by atoms with Crippen molar-refractivity contribution in [3.63, 3.8) is 0 Å². The van der Waals surface area contributed by atoms with Crippen LogP contribution in [0.3, 0.4) is 0 Å². The maximum Gasteiger partial charge on any atom is 0.187 e. The minimum Gasteiger partial charge on any atom is -0.389 e. The van der Waals surface area contributed by atoms with Crippen molar-refractivity contribution in [3.8, 4) is 0 Å². The first-order chi connectivity index (χ1) is 5.11.